The van der Waals surface area contributed by atoms with Crippen molar-refractivity contribution in [1.82, 2.24) is 19.3 Å². The van der Waals surface area contributed by atoms with Gasteiger partial charge in [-0.2, -0.15) is 5.10 Å². The van der Waals surface area contributed by atoms with E-state index in [9.17, 15) is 14.7 Å². The molecule has 178 valence electrons. The van der Waals surface area contributed by atoms with Gasteiger partial charge in [-0.1, -0.05) is 6.07 Å². The van der Waals surface area contributed by atoms with Gasteiger partial charge in [-0.15, -0.1) is 0 Å². The second kappa shape index (κ2) is 9.83. The zero-order valence-electron chi connectivity index (χ0n) is 19.3. The van der Waals surface area contributed by atoms with Crippen molar-refractivity contribution in [3.8, 4) is 0 Å². The zero-order valence-corrected chi connectivity index (χ0v) is 19.3. The fraction of sp³-hybridized carbons (Fsp3) is 0.462. The summed E-state index contributed by atoms with van der Waals surface area (Å²) in [4.78, 5) is 28.6. The summed E-state index contributed by atoms with van der Waals surface area (Å²) in [5, 5.41) is 17.6. The quantitative estimate of drug-likeness (QED) is 0.480. The molecule has 0 amide bonds. The van der Waals surface area contributed by atoms with Crippen LogP contribution in [0.4, 0.5) is 5.82 Å². The Bertz CT molecular complexity index is 1230. The van der Waals surface area contributed by atoms with Crippen molar-refractivity contribution in [1.29, 1.82) is 0 Å². The molecule has 5 rings (SSSR count). The van der Waals surface area contributed by atoms with Crippen LogP contribution >= 0.6 is 0 Å². The predicted octanol–water partition coefficient (Wildman–Crippen LogP) is 3.45. The highest BCUT2D eigenvalue weighted by atomic mass is 16.4. The highest BCUT2D eigenvalue weighted by Gasteiger charge is 2.24. The standard InChI is InChI=1S/C26H31N5O3/c32-24-11-9-20(17-30(24)16-18-6-7-18)23(15-25(33)34)31-14-12-22(29-31)5-1-4-21-10-8-19-3-2-13-27-26(19)28-21/h8-12,14,17-18,23H,1-7,13,15-16H2,(H,27,28)(H,33,34)/t23-/m0/s1. The Labute approximate surface area is 198 Å². The zero-order chi connectivity index (χ0) is 23.5. The topological polar surface area (TPSA) is 102 Å². The third-order valence-electron chi connectivity index (χ3n) is 6.71. The predicted molar refractivity (Wildman–Crippen MR) is 129 cm³/mol. The number of aryl methyl sites for hydroxylation is 3. The molecule has 1 saturated carbocycles. The molecular formula is C26H31N5O3. The number of carbonyl (C=O) groups is 1. The van der Waals surface area contributed by atoms with E-state index in [1.54, 1.807) is 15.3 Å². The van der Waals surface area contributed by atoms with Gasteiger partial charge in [-0.05, 0) is 80.2 Å². The summed E-state index contributed by atoms with van der Waals surface area (Å²) in [5.41, 5.74) is 4.05. The summed E-state index contributed by atoms with van der Waals surface area (Å²) in [6, 6.07) is 9.07. The molecule has 2 aliphatic rings. The van der Waals surface area contributed by atoms with Crippen LogP contribution in [0.5, 0.6) is 0 Å². The first-order chi connectivity index (χ1) is 16.5. The monoisotopic (exact) mass is 461 g/mol. The third-order valence-corrected chi connectivity index (χ3v) is 6.71. The number of rotatable bonds is 10. The van der Waals surface area contributed by atoms with Gasteiger partial charge in [0.2, 0.25) is 0 Å². The van der Waals surface area contributed by atoms with E-state index in [2.05, 4.69) is 17.4 Å². The van der Waals surface area contributed by atoms with Gasteiger partial charge >= 0.3 is 5.97 Å². The molecule has 8 heteroatoms. The fourth-order valence-corrected chi connectivity index (χ4v) is 4.64. The van der Waals surface area contributed by atoms with Crippen molar-refractivity contribution in [2.45, 2.75) is 64.0 Å². The van der Waals surface area contributed by atoms with Crippen LogP contribution in [-0.4, -0.2) is 37.0 Å². The van der Waals surface area contributed by atoms with Crippen molar-refractivity contribution in [2.75, 3.05) is 11.9 Å². The molecule has 3 aromatic heterocycles. The molecule has 4 heterocycles. The molecule has 1 aliphatic heterocycles. The lowest BCUT2D eigenvalue weighted by Gasteiger charge is -2.18. The average Bonchev–Trinajstić information content (AvgIpc) is 3.53. The van der Waals surface area contributed by atoms with E-state index in [0.717, 1.165) is 74.3 Å². The molecule has 1 aliphatic carbocycles. The number of carboxylic acids is 1. The number of nitrogens with one attached hydrogen (secondary N) is 1. The molecule has 1 fully saturated rings. The molecule has 0 saturated heterocycles. The first-order valence-corrected chi connectivity index (χ1v) is 12.2. The number of nitrogens with zero attached hydrogens (tertiary/aromatic N) is 4. The Morgan fingerprint density at radius 1 is 1.15 bits per heavy atom. The molecule has 0 aromatic carbocycles. The van der Waals surface area contributed by atoms with Crippen LogP contribution in [0, 0.1) is 5.92 Å². The fourth-order valence-electron chi connectivity index (χ4n) is 4.64. The van der Waals surface area contributed by atoms with Crippen molar-refractivity contribution in [3.63, 3.8) is 0 Å². The van der Waals surface area contributed by atoms with Gasteiger partial charge in [-0.3, -0.25) is 14.3 Å². The smallest absolute Gasteiger partial charge is 0.305 e. The normalized spacial score (nSPS) is 16.0. The third kappa shape index (κ3) is 5.38. The Kier molecular flexibility index (Phi) is 6.47. The van der Waals surface area contributed by atoms with E-state index in [4.69, 9.17) is 10.1 Å². The Morgan fingerprint density at radius 3 is 2.82 bits per heavy atom. The highest BCUT2D eigenvalue weighted by molar-refractivity contribution is 5.68. The van der Waals surface area contributed by atoms with Crippen molar-refractivity contribution < 1.29 is 9.90 Å². The number of hydrogen-bond acceptors (Lipinski definition) is 5. The SMILES string of the molecule is O=C(O)C[C@@H](c1ccc(=O)n(CC2CC2)c1)n1ccc(CCCc2ccc3c(n2)NCCC3)n1. The first kappa shape index (κ1) is 22.4. The van der Waals surface area contributed by atoms with Crippen LogP contribution in [0.15, 0.2) is 47.5 Å². The molecular weight excluding hydrogens is 430 g/mol. The van der Waals surface area contributed by atoms with E-state index in [-0.39, 0.29) is 12.0 Å². The number of carboxylic acid groups (broad SMARTS) is 1. The molecule has 0 unspecified atom stereocenters. The first-order valence-electron chi connectivity index (χ1n) is 12.2. The molecule has 1 atom stereocenters. The summed E-state index contributed by atoms with van der Waals surface area (Å²) >= 11 is 0. The molecule has 2 N–H and O–H groups in total. The van der Waals surface area contributed by atoms with Gasteiger partial charge in [0.1, 0.15) is 5.82 Å². The highest BCUT2D eigenvalue weighted by Crippen LogP contribution is 2.30. The molecule has 34 heavy (non-hydrogen) atoms. The number of anilines is 1. The number of fused-ring (bicyclic) bond motifs is 1. The van der Waals surface area contributed by atoms with Gasteiger partial charge in [0.15, 0.2) is 0 Å². The lowest BCUT2D eigenvalue weighted by molar-refractivity contribution is -0.137. The van der Waals surface area contributed by atoms with Crippen LogP contribution in [0.3, 0.4) is 0 Å². The minimum absolute atomic E-state index is 0.0446. The van der Waals surface area contributed by atoms with Crippen molar-refractivity contribution in [3.05, 3.63) is 75.6 Å². The Balaban J connectivity index is 1.26. The average molecular weight is 462 g/mol. The van der Waals surface area contributed by atoms with Crippen molar-refractivity contribution in [2.24, 2.45) is 5.92 Å². The Morgan fingerprint density at radius 2 is 2.00 bits per heavy atom. The van der Waals surface area contributed by atoms with E-state index in [0.29, 0.717) is 12.5 Å². The number of pyridine rings is 2. The van der Waals surface area contributed by atoms with Gasteiger partial charge < -0.3 is 15.0 Å². The summed E-state index contributed by atoms with van der Waals surface area (Å²) in [5.74, 6) is 0.684. The number of aliphatic carboxylic acids is 1. The summed E-state index contributed by atoms with van der Waals surface area (Å²) in [6.07, 6.45) is 10.7. The van der Waals surface area contributed by atoms with E-state index in [1.807, 2.05) is 18.5 Å². The Hall–Kier alpha value is -3.42. The van der Waals surface area contributed by atoms with E-state index >= 15 is 0 Å². The second-order valence-electron chi connectivity index (χ2n) is 9.49. The van der Waals surface area contributed by atoms with Crippen LogP contribution in [0.1, 0.15) is 60.7 Å². The molecule has 8 nitrogen and oxygen atoms in total. The lowest BCUT2D eigenvalue weighted by Crippen LogP contribution is -2.23. The summed E-state index contributed by atoms with van der Waals surface area (Å²) in [7, 11) is 0. The summed E-state index contributed by atoms with van der Waals surface area (Å²) < 4.78 is 3.44. The molecule has 0 radical (unpaired) electrons. The lowest BCUT2D eigenvalue weighted by atomic mass is 10.1. The number of aromatic nitrogens is 4. The van der Waals surface area contributed by atoms with Crippen LogP contribution < -0.4 is 10.9 Å². The van der Waals surface area contributed by atoms with Gasteiger partial charge in [0, 0.05) is 37.2 Å². The van der Waals surface area contributed by atoms with Crippen LogP contribution in [-0.2, 0) is 30.6 Å². The molecule has 0 spiro atoms. The van der Waals surface area contributed by atoms with Crippen molar-refractivity contribution >= 4 is 11.8 Å². The number of hydrogen-bond donors (Lipinski definition) is 2. The van der Waals surface area contributed by atoms with Crippen LogP contribution in [0.25, 0.3) is 0 Å². The van der Waals surface area contributed by atoms with Gasteiger partial charge in [-0.25, -0.2) is 4.98 Å². The maximum Gasteiger partial charge on any atom is 0.305 e. The molecule has 0 bridgehead atoms. The van der Waals surface area contributed by atoms with Gasteiger partial charge in [0.25, 0.3) is 5.56 Å². The maximum absolute atomic E-state index is 12.2. The second-order valence-corrected chi connectivity index (χ2v) is 9.49. The molecule has 3 aromatic rings. The van der Waals surface area contributed by atoms with Crippen LogP contribution in [0.2, 0.25) is 0 Å². The maximum atomic E-state index is 12.2. The minimum atomic E-state index is -0.894. The summed E-state index contributed by atoms with van der Waals surface area (Å²) in [6.45, 7) is 1.68. The van der Waals surface area contributed by atoms with Gasteiger partial charge in [0.05, 0.1) is 18.2 Å². The minimum Gasteiger partial charge on any atom is -0.481 e. The van der Waals surface area contributed by atoms with E-state index < -0.39 is 12.0 Å². The van der Waals surface area contributed by atoms with E-state index in [1.165, 1.54) is 11.6 Å². The largest absolute Gasteiger partial charge is 0.481 e.